The van der Waals surface area contributed by atoms with Crippen LogP contribution >= 0.6 is 0 Å². The molecule has 0 aliphatic heterocycles. The Balaban J connectivity index is 1.61. The number of para-hydroxylation sites is 1. The molecule has 27 heavy (non-hydrogen) atoms. The van der Waals surface area contributed by atoms with E-state index in [1.165, 1.54) is 7.11 Å². The van der Waals surface area contributed by atoms with Crippen molar-refractivity contribution in [2.24, 2.45) is 0 Å². The summed E-state index contributed by atoms with van der Waals surface area (Å²) in [5, 5.41) is 3.64. The van der Waals surface area contributed by atoms with Gasteiger partial charge in [-0.25, -0.2) is 0 Å². The molecule has 0 aliphatic rings. The van der Waals surface area contributed by atoms with Crippen molar-refractivity contribution < 1.29 is 23.2 Å². The summed E-state index contributed by atoms with van der Waals surface area (Å²) in [5.74, 6) is 1.07. The first-order valence-electron chi connectivity index (χ1n) is 8.21. The molecule has 4 rings (SSSR count). The van der Waals surface area contributed by atoms with Crippen LogP contribution in [-0.2, 0) is 0 Å². The number of carbonyl (C=O) groups excluding carboxylic acids is 2. The van der Waals surface area contributed by atoms with Crippen LogP contribution in [0.2, 0.25) is 0 Å². The van der Waals surface area contributed by atoms with Crippen LogP contribution in [0.3, 0.4) is 0 Å². The number of methoxy groups -OCH3 is 1. The van der Waals surface area contributed by atoms with Crippen LogP contribution in [0, 0.1) is 0 Å². The molecule has 0 fully saturated rings. The molecule has 0 aliphatic carbocycles. The van der Waals surface area contributed by atoms with Gasteiger partial charge in [-0.05, 0) is 42.5 Å². The fourth-order valence-electron chi connectivity index (χ4n) is 2.80. The zero-order chi connectivity index (χ0) is 18.8. The molecule has 0 unspecified atom stereocenters. The number of ether oxygens (including phenoxy) is 1. The Morgan fingerprint density at radius 3 is 2.63 bits per heavy atom. The van der Waals surface area contributed by atoms with Gasteiger partial charge in [-0.15, -0.1) is 0 Å². The summed E-state index contributed by atoms with van der Waals surface area (Å²) in [6.45, 7) is 0. The lowest BCUT2D eigenvalue weighted by Gasteiger charge is -2.10. The molecule has 6 heteroatoms. The first-order valence-corrected chi connectivity index (χ1v) is 8.21. The maximum atomic E-state index is 12.5. The number of nitrogens with one attached hydrogen (secondary N) is 1. The summed E-state index contributed by atoms with van der Waals surface area (Å²) in [6.07, 6.45) is 0.642. The Hall–Kier alpha value is -3.80. The number of anilines is 1. The summed E-state index contributed by atoms with van der Waals surface area (Å²) in [5.41, 5.74) is 1.87. The number of benzene rings is 2. The van der Waals surface area contributed by atoms with E-state index in [9.17, 15) is 9.59 Å². The van der Waals surface area contributed by atoms with Gasteiger partial charge in [0.1, 0.15) is 17.1 Å². The molecule has 6 nitrogen and oxygen atoms in total. The average molecular weight is 361 g/mol. The normalized spacial score (nSPS) is 10.7. The van der Waals surface area contributed by atoms with E-state index in [4.69, 9.17) is 13.6 Å². The maximum Gasteiger partial charge on any atom is 0.291 e. The Morgan fingerprint density at radius 1 is 1.04 bits per heavy atom. The lowest BCUT2D eigenvalue weighted by molar-refractivity contribution is 0.0998. The van der Waals surface area contributed by atoms with Crippen LogP contribution in [0.4, 0.5) is 5.69 Å². The molecule has 134 valence electrons. The van der Waals surface area contributed by atoms with Crippen molar-refractivity contribution in [2.75, 3.05) is 12.4 Å². The van der Waals surface area contributed by atoms with E-state index in [0.717, 1.165) is 10.9 Å². The summed E-state index contributed by atoms with van der Waals surface area (Å²) < 4.78 is 16.4. The van der Waals surface area contributed by atoms with Crippen molar-refractivity contribution in [3.05, 3.63) is 72.2 Å². The molecule has 0 radical (unpaired) electrons. The van der Waals surface area contributed by atoms with E-state index in [-0.39, 0.29) is 17.4 Å². The molecule has 0 spiro atoms. The SMILES string of the molecule is COc1cc(-c2ccc(C=O)o2)ccc1NC(=O)c1cc2ccccc2o1. The zero-order valence-corrected chi connectivity index (χ0v) is 14.4. The molecule has 0 saturated carbocycles. The summed E-state index contributed by atoms with van der Waals surface area (Å²) in [6, 6.07) is 17.6. The number of furan rings is 2. The van der Waals surface area contributed by atoms with Crippen LogP contribution in [0.25, 0.3) is 22.3 Å². The molecule has 0 atom stereocenters. The molecule has 2 aromatic carbocycles. The largest absolute Gasteiger partial charge is 0.495 e. The van der Waals surface area contributed by atoms with Crippen molar-refractivity contribution >= 4 is 28.8 Å². The minimum Gasteiger partial charge on any atom is -0.495 e. The molecular weight excluding hydrogens is 346 g/mol. The topological polar surface area (TPSA) is 81.7 Å². The smallest absolute Gasteiger partial charge is 0.291 e. The minimum absolute atomic E-state index is 0.212. The Morgan fingerprint density at radius 2 is 1.89 bits per heavy atom. The number of hydrogen-bond acceptors (Lipinski definition) is 5. The van der Waals surface area contributed by atoms with Crippen LogP contribution in [0.1, 0.15) is 21.1 Å². The monoisotopic (exact) mass is 361 g/mol. The Kier molecular flexibility index (Phi) is 4.22. The average Bonchev–Trinajstić information content (AvgIpc) is 3.35. The Bertz CT molecular complexity index is 1110. The van der Waals surface area contributed by atoms with E-state index in [1.807, 2.05) is 18.2 Å². The third kappa shape index (κ3) is 3.20. The first kappa shape index (κ1) is 16.7. The summed E-state index contributed by atoms with van der Waals surface area (Å²) in [7, 11) is 1.51. The molecule has 1 N–H and O–H groups in total. The molecule has 0 bridgehead atoms. The van der Waals surface area contributed by atoms with E-state index in [1.54, 1.807) is 42.5 Å². The van der Waals surface area contributed by atoms with Gasteiger partial charge >= 0.3 is 0 Å². The Labute approximate surface area is 154 Å². The lowest BCUT2D eigenvalue weighted by atomic mass is 10.1. The highest BCUT2D eigenvalue weighted by Crippen LogP contribution is 2.32. The number of fused-ring (bicyclic) bond motifs is 1. The second-order valence-corrected chi connectivity index (χ2v) is 5.84. The minimum atomic E-state index is -0.376. The summed E-state index contributed by atoms with van der Waals surface area (Å²) >= 11 is 0. The molecular formula is C21H15NO5. The van der Waals surface area contributed by atoms with Gasteiger partial charge in [-0.2, -0.15) is 0 Å². The van der Waals surface area contributed by atoms with Crippen molar-refractivity contribution in [1.29, 1.82) is 0 Å². The van der Waals surface area contributed by atoms with Gasteiger partial charge in [0.05, 0.1) is 12.8 Å². The van der Waals surface area contributed by atoms with Crippen LogP contribution in [0.15, 0.2) is 69.5 Å². The van der Waals surface area contributed by atoms with Gasteiger partial charge in [0.15, 0.2) is 17.8 Å². The fraction of sp³-hybridized carbons (Fsp3) is 0.0476. The van der Waals surface area contributed by atoms with Gasteiger partial charge in [-0.3, -0.25) is 9.59 Å². The van der Waals surface area contributed by atoms with Crippen molar-refractivity contribution in [2.45, 2.75) is 0 Å². The predicted molar refractivity (Wildman–Crippen MR) is 100 cm³/mol. The van der Waals surface area contributed by atoms with Crippen molar-refractivity contribution in [3.63, 3.8) is 0 Å². The number of amides is 1. The van der Waals surface area contributed by atoms with Crippen LogP contribution < -0.4 is 10.1 Å². The van der Waals surface area contributed by atoms with Gasteiger partial charge in [0, 0.05) is 10.9 Å². The zero-order valence-electron chi connectivity index (χ0n) is 14.4. The highest BCUT2D eigenvalue weighted by atomic mass is 16.5. The highest BCUT2D eigenvalue weighted by molar-refractivity contribution is 6.05. The van der Waals surface area contributed by atoms with Gasteiger partial charge in [-0.1, -0.05) is 18.2 Å². The highest BCUT2D eigenvalue weighted by Gasteiger charge is 2.16. The summed E-state index contributed by atoms with van der Waals surface area (Å²) in [4.78, 5) is 23.3. The maximum absolute atomic E-state index is 12.5. The van der Waals surface area contributed by atoms with E-state index < -0.39 is 0 Å². The van der Waals surface area contributed by atoms with E-state index in [0.29, 0.717) is 29.1 Å². The molecule has 2 heterocycles. The predicted octanol–water partition coefficient (Wildman–Crippen LogP) is 4.77. The third-order valence-electron chi connectivity index (χ3n) is 4.13. The van der Waals surface area contributed by atoms with Crippen molar-refractivity contribution in [1.82, 2.24) is 0 Å². The molecule has 1 amide bonds. The number of carbonyl (C=O) groups is 2. The van der Waals surface area contributed by atoms with Crippen LogP contribution in [0.5, 0.6) is 5.75 Å². The quantitative estimate of drug-likeness (QED) is 0.518. The molecule has 0 saturated heterocycles. The van der Waals surface area contributed by atoms with Gasteiger partial charge < -0.3 is 18.9 Å². The van der Waals surface area contributed by atoms with Crippen LogP contribution in [-0.4, -0.2) is 19.3 Å². The third-order valence-corrected chi connectivity index (χ3v) is 4.13. The second-order valence-electron chi connectivity index (χ2n) is 5.84. The van der Waals surface area contributed by atoms with Gasteiger partial charge in [0.25, 0.3) is 5.91 Å². The number of rotatable bonds is 5. The van der Waals surface area contributed by atoms with Gasteiger partial charge in [0.2, 0.25) is 0 Å². The second kappa shape index (κ2) is 6.84. The fourth-order valence-corrected chi connectivity index (χ4v) is 2.80. The standard InChI is InChI=1S/C21H15NO5/c1-25-19-10-14(18-9-7-15(12-23)26-18)6-8-16(19)22-21(24)20-11-13-4-2-3-5-17(13)27-20/h2-12H,1H3,(H,22,24). The molecule has 4 aromatic rings. The number of hydrogen-bond donors (Lipinski definition) is 1. The number of aldehydes is 1. The van der Waals surface area contributed by atoms with E-state index in [2.05, 4.69) is 5.32 Å². The van der Waals surface area contributed by atoms with E-state index >= 15 is 0 Å². The first-order chi connectivity index (χ1) is 13.2. The molecule has 2 aromatic heterocycles. The lowest BCUT2D eigenvalue weighted by Crippen LogP contribution is -2.11. The van der Waals surface area contributed by atoms with Crippen molar-refractivity contribution in [3.8, 4) is 17.1 Å².